The first-order chi connectivity index (χ1) is 6.21. The lowest BCUT2D eigenvalue weighted by Crippen LogP contribution is -2.25. The molecule has 2 aliphatic rings. The predicted octanol–water partition coefficient (Wildman–Crippen LogP) is 1.00. The normalized spacial score (nSPS) is 21.4. The molecule has 1 aromatic carbocycles. The molecule has 3 nitrogen and oxygen atoms in total. The molecule has 0 saturated heterocycles. The summed E-state index contributed by atoms with van der Waals surface area (Å²) in [5.41, 5.74) is 8.28. The summed E-state index contributed by atoms with van der Waals surface area (Å²) >= 11 is 0. The van der Waals surface area contributed by atoms with Crippen LogP contribution in [0.3, 0.4) is 0 Å². The number of carbonyl (C=O) groups is 1. The molecule has 3 heteroatoms. The van der Waals surface area contributed by atoms with Gasteiger partial charge in [-0.25, -0.2) is 0 Å². The van der Waals surface area contributed by atoms with Gasteiger partial charge in [-0.2, -0.15) is 0 Å². The van der Waals surface area contributed by atoms with Crippen molar-refractivity contribution in [1.29, 1.82) is 0 Å². The van der Waals surface area contributed by atoms with Gasteiger partial charge in [0.2, 0.25) is 0 Å². The number of nitrogen functional groups attached to an aromatic ring is 1. The van der Waals surface area contributed by atoms with Gasteiger partial charge in [0.1, 0.15) is 0 Å². The SMILES string of the molecule is Nc1ccc2c(c1)C1(CC1)NC2=O. The molecule has 1 fully saturated rings. The number of benzene rings is 1. The second-order valence-corrected chi connectivity index (χ2v) is 3.84. The Morgan fingerprint density at radius 3 is 2.85 bits per heavy atom. The molecule has 0 radical (unpaired) electrons. The molecule has 3 rings (SSSR count). The molecule has 66 valence electrons. The van der Waals surface area contributed by atoms with Crippen molar-refractivity contribution in [3.63, 3.8) is 0 Å². The van der Waals surface area contributed by atoms with Crippen LogP contribution >= 0.6 is 0 Å². The Morgan fingerprint density at radius 2 is 2.15 bits per heavy atom. The lowest BCUT2D eigenvalue weighted by atomic mass is 10.0. The quantitative estimate of drug-likeness (QED) is 0.576. The molecule has 1 aliphatic carbocycles. The van der Waals surface area contributed by atoms with Crippen molar-refractivity contribution in [2.24, 2.45) is 0 Å². The topological polar surface area (TPSA) is 55.1 Å². The highest BCUT2D eigenvalue weighted by Crippen LogP contribution is 2.50. The van der Waals surface area contributed by atoms with E-state index in [4.69, 9.17) is 5.73 Å². The van der Waals surface area contributed by atoms with Gasteiger partial charge < -0.3 is 11.1 Å². The van der Waals surface area contributed by atoms with Gasteiger partial charge >= 0.3 is 0 Å². The first-order valence-corrected chi connectivity index (χ1v) is 4.44. The maximum absolute atomic E-state index is 11.5. The maximum Gasteiger partial charge on any atom is 0.252 e. The van der Waals surface area contributed by atoms with Crippen LogP contribution in [0.15, 0.2) is 18.2 Å². The molecule has 13 heavy (non-hydrogen) atoms. The molecular formula is C10H10N2O. The number of hydrogen-bond donors (Lipinski definition) is 2. The zero-order chi connectivity index (χ0) is 9.05. The standard InChI is InChI=1S/C10H10N2O/c11-6-1-2-7-8(5-6)10(3-4-10)12-9(7)13/h1-2,5H,3-4,11H2,(H,12,13). The summed E-state index contributed by atoms with van der Waals surface area (Å²) in [4.78, 5) is 11.5. The predicted molar refractivity (Wildman–Crippen MR) is 49.2 cm³/mol. The molecule has 1 spiro atoms. The molecule has 0 atom stereocenters. The summed E-state index contributed by atoms with van der Waals surface area (Å²) in [5, 5.41) is 3.00. The monoisotopic (exact) mass is 174 g/mol. The Hall–Kier alpha value is -1.51. The maximum atomic E-state index is 11.5. The fraction of sp³-hybridized carbons (Fsp3) is 0.300. The Balaban J connectivity index is 2.26. The van der Waals surface area contributed by atoms with Crippen molar-refractivity contribution in [3.05, 3.63) is 29.3 Å². The summed E-state index contributed by atoms with van der Waals surface area (Å²) in [6, 6.07) is 5.51. The second kappa shape index (κ2) is 1.87. The summed E-state index contributed by atoms with van der Waals surface area (Å²) in [7, 11) is 0. The molecule has 1 amide bonds. The van der Waals surface area contributed by atoms with Crippen LogP contribution in [0.4, 0.5) is 5.69 Å². The van der Waals surface area contributed by atoms with Crippen LogP contribution in [-0.2, 0) is 5.54 Å². The molecule has 3 N–H and O–H groups in total. The molecular weight excluding hydrogens is 164 g/mol. The van der Waals surface area contributed by atoms with Crippen LogP contribution in [0.2, 0.25) is 0 Å². The summed E-state index contributed by atoms with van der Waals surface area (Å²) in [5.74, 6) is 0.0486. The van der Waals surface area contributed by atoms with Gasteiger partial charge in [-0.15, -0.1) is 0 Å². The van der Waals surface area contributed by atoms with Crippen molar-refractivity contribution >= 4 is 11.6 Å². The van der Waals surface area contributed by atoms with E-state index >= 15 is 0 Å². The fourth-order valence-electron chi connectivity index (χ4n) is 2.03. The van der Waals surface area contributed by atoms with E-state index in [9.17, 15) is 4.79 Å². The van der Waals surface area contributed by atoms with Crippen molar-refractivity contribution in [2.75, 3.05) is 5.73 Å². The largest absolute Gasteiger partial charge is 0.399 e. The molecule has 1 aromatic rings. The summed E-state index contributed by atoms with van der Waals surface area (Å²) in [6.07, 6.45) is 2.10. The third-order valence-corrected chi connectivity index (χ3v) is 2.91. The zero-order valence-electron chi connectivity index (χ0n) is 7.13. The van der Waals surface area contributed by atoms with E-state index in [1.165, 1.54) is 0 Å². The number of carbonyl (C=O) groups excluding carboxylic acids is 1. The van der Waals surface area contributed by atoms with Crippen molar-refractivity contribution in [1.82, 2.24) is 5.32 Å². The third kappa shape index (κ3) is 0.763. The minimum absolute atomic E-state index is 0.0399. The van der Waals surface area contributed by atoms with E-state index in [2.05, 4.69) is 5.32 Å². The number of rotatable bonds is 0. The molecule has 1 saturated carbocycles. The lowest BCUT2D eigenvalue weighted by Gasteiger charge is -2.07. The van der Waals surface area contributed by atoms with Gasteiger partial charge in [0.15, 0.2) is 0 Å². The number of hydrogen-bond acceptors (Lipinski definition) is 2. The van der Waals surface area contributed by atoms with E-state index in [0.29, 0.717) is 0 Å². The minimum atomic E-state index is -0.0399. The second-order valence-electron chi connectivity index (χ2n) is 3.84. The van der Waals surface area contributed by atoms with E-state index in [1.54, 1.807) is 6.07 Å². The van der Waals surface area contributed by atoms with Crippen LogP contribution in [0.1, 0.15) is 28.8 Å². The third-order valence-electron chi connectivity index (χ3n) is 2.91. The van der Waals surface area contributed by atoms with Crippen LogP contribution in [0.25, 0.3) is 0 Å². The van der Waals surface area contributed by atoms with E-state index in [1.807, 2.05) is 12.1 Å². The van der Waals surface area contributed by atoms with E-state index in [-0.39, 0.29) is 11.4 Å². The number of anilines is 1. The van der Waals surface area contributed by atoms with Gasteiger partial charge in [0.25, 0.3) is 5.91 Å². The van der Waals surface area contributed by atoms with Gasteiger partial charge in [-0.1, -0.05) is 0 Å². The molecule has 0 aromatic heterocycles. The van der Waals surface area contributed by atoms with Gasteiger partial charge in [0, 0.05) is 11.3 Å². The van der Waals surface area contributed by atoms with Crippen molar-refractivity contribution < 1.29 is 4.79 Å². The number of fused-ring (bicyclic) bond motifs is 2. The highest BCUT2D eigenvalue weighted by atomic mass is 16.2. The Morgan fingerprint density at radius 1 is 1.38 bits per heavy atom. The van der Waals surface area contributed by atoms with Crippen LogP contribution < -0.4 is 11.1 Å². The molecule has 0 unspecified atom stereocenters. The van der Waals surface area contributed by atoms with Crippen molar-refractivity contribution in [3.8, 4) is 0 Å². The first-order valence-electron chi connectivity index (χ1n) is 4.44. The van der Waals surface area contributed by atoms with E-state index < -0.39 is 0 Å². The van der Waals surface area contributed by atoms with Crippen LogP contribution in [0.5, 0.6) is 0 Å². The van der Waals surface area contributed by atoms with E-state index in [0.717, 1.165) is 29.7 Å². The summed E-state index contributed by atoms with van der Waals surface area (Å²) in [6.45, 7) is 0. The number of nitrogens with one attached hydrogen (secondary N) is 1. The highest BCUT2D eigenvalue weighted by Gasteiger charge is 2.51. The van der Waals surface area contributed by atoms with Gasteiger partial charge in [-0.05, 0) is 36.6 Å². The van der Waals surface area contributed by atoms with Crippen LogP contribution in [-0.4, -0.2) is 5.91 Å². The molecule has 1 heterocycles. The molecule has 1 aliphatic heterocycles. The number of amides is 1. The lowest BCUT2D eigenvalue weighted by molar-refractivity contribution is 0.0952. The number of nitrogens with two attached hydrogens (primary N) is 1. The van der Waals surface area contributed by atoms with Gasteiger partial charge in [-0.3, -0.25) is 4.79 Å². The van der Waals surface area contributed by atoms with Crippen molar-refractivity contribution in [2.45, 2.75) is 18.4 Å². The first kappa shape index (κ1) is 6.95. The molecule has 0 bridgehead atoms. The average molecular weight is 174 g/mol. The minimum Gasteiger partial charge on any atom is -0.399 e. The Kier molecular flexibility index (Phi) is 0.998. The fourth-order valence-corrected chi connectivity index (χ4v) is 2.03. The zero-order valence-corrected chi connectivity index (χ0v) is 7.13. The smallest absolute Gasteiger partial charge is 0.252 e. The van der Waals surface area contributed by atoms with Crippen LogP contribution in [0, 0.1) is 0 Å². The average Bonchev–Trinajstić information content (AvgIpc) is 2.79. The highest BCUT2D eigenvalue weighted by molar-refractivity contribution is 6.01. The summed E-state index contributed by atoms with van der Waals surface area (Å²) < 4.78 is 0. The van der Waals surface area contributed by atoms with Gasteiger partial charge in [0.05, 0.1) is 5.54 Å². The Labute approximate surface area is 75.9 Å². The Bertz CT molecular complexity index is 407.